The second-order valence-electron chi connectivity index (χ2n) is 4.80. The molecule has 3 nitrogen and oxygen atoms in total. The first-order chi connectivity index (χ1) is 8.63. The van der Waals surface area contributed by atoms with E-state index in [2.05, 4.69) is 13.8 Å². The van der Waals surface area contributed by atoms with Gasteiger partial charge in [0.15, 0.2) is 0 Å². The van der Waals surface area contributed by atoms with Crippen LogP contribution in [0, 0.1) is 5.92 Å². The molecule has 0 aliphatic carbocycles. The van der Waals surface area contributed by atoms with Crippen molar-refractivity contribution in [2.45, 2.75) is 39.5 Å². The number of hydrogen-bond donors (Lipinski definition) is 2. The minimum absolute atomic E-state index is 0.485. The van der Waals surface area contributed by atoms with E-state index in [1.165, 1.54) is 19.3 Å². The summed E-state index contributed by atoms with van der Waals surface area (Å²) in [7, 11) is -1.41. The Labute approximate surface area is 110 Å². The van der Waals surface area contributed by atoms with Crippen molar-refractivity contribution in [3.63, 3.8) is 0 Å². The zero-order chi connectivity index (χ0) is 13.4. The monoisotopic (exact) mass is 250 g/mol. The molecule has 100 valence electrons. The van der Waals surface area contributed by atoms with E-state index in [4.69, 9.17) is 14.8 Å². The lowest BCUT2D eigenvalue weighted by Crippen LogP contribution is -2.29. The molecule has 1 unspecified atom stereocenters. The van der Waals surface area contributed by atoms with Crippen LogP contribution >= 0.6 is 0 Å². The average Bonchev–Trinajstić information content (AvgIpc) is 2.38. The van der Waals surface area contributed by atoms with Gasteiger partial charge in [0.2, 0.25) is 0 Å². The molecule has 0 aliphatic rings. The van der Waals surface area contributed by atoms with Crippen molar-refractivity contribution in [2.75, 3.05) is 6.61 Å². The zero-order valence-electron chi connectivity index (χ0n) is 11.3. The van der Waals surface area contributed by atoms with Crippen LogP contribution in [0.2, 0.25) is 0 Å². The van der Waals surface area contributed by atoms with E-state index in [0.29, 0.717) is 5.46 Å². The van der Waals surface area contributed by atoms with Crippen molar-refractivity contribution in [1.82, 2.24) is 0 Å². The van der Waals surface area contributed by atoms with Crippen molar-refractivity contribution in [3.05, 3.63) is 24.3 Å². The van der Waals surface area contributed by atoms with Gasteiger partial charge in [0.25, 0.3) is 0 Å². The first-order valence-corrected chi connectivity index (χ1v) is 6.72. The van der Waals surface area contributed by atoms with E-state index in [0.717, 1.165) is 24.7 Å². The molecule has 0 aromatic heterocycles. The van der Waals surface area contributed by atoms with Gasteiger partial charge in [-0.2, -0.15) is 0 Å². The minimum atomic E-state index is -1.41. The lowest BCUT2D eigenvalue weighted by atomic mass is 9.80. The molecule has 18 heavy (non-hydrogen) atoms. The molecule has 0 bridgehead atoms. The van der Waals surface area contributed by atoms with Gasteiger partial charge in [-0.3, -0.25) is 0 Å². The Bertz CT molecular complexity index is 324. The van der Waals surface area contributed by atoms with Gasteiger partial charge < -0.3 is 14.8 Å². The molecule has 0 radical (unpaired) electrons. The molecular weight excluding hydrogens is 227 g/mol. The van der Waals surface area contributed by atoms with Crippen LogP contribution in [0.1, 0.15) is 39.5 Å². The minimum Gasteiger partial charge on any atom is -0.494 e. The molecule has 0 saturated heterocycles. The van der Waals surface area contributed by atoms with Gasteiger partial charge in [0.1, 0.15) is 5.75 Å². The van der Waals surface area contributed by atoms with Gasteiger partial charge in [0.05, 0.1) is 6.61 Å². The fraction of sp³-hybridized carbons (Fsp3) is 0.571. The van der Waals surface area contributed by atoms with Gasteiger partial charge in [-0.1, -0.05) is 38.8 Å². The summed E-state index contributed by atoms with van der Waals surface area (Å²) < 4.78 is 5.59. The maximum atomic E-state index is 8.95. The van der Waals surface area contributed by atoms with Crippen molar-refractivity contribution < 1.29 is 14.8 Å². The van der Waals surface area contributed by atoms with E-state index in [1.807, 2.05) is 0 Å². The Morgan fingerprint density at radius 2 is 1.83 bits per heavy atom. The summed E-state index contributed by atoms with van der Waals surface area (Å²) in [5, 5.41) is 17.9. The van der Waals surface area contributed by atoms with Crippen LogP contribution in [-0.4, -0.2) is 23.8 Å². The highest BCUT2D eigenvalue weighted by Crippen LogP contribution is 2.12. The van der Waals surface area contributed by atoms with Crippen LogP contribution in [0.4, 0.5) is 0 Å². The quantitative estimate of drug-likeness (QED) is 0.547. The Kier molecular flexibility index (Phi) is 6.84. The Morgan fingerprint density at radius 3 is 2.39 bits per heavy atom. The van der Waals surface area contributed by atoms with Crippen LogP contribution < -0.4 is 10.2 Å². The normalized spacial score (nSPS) is 12.2. The largest absolute Gasteiger partial charge is 0.494 e. The molecular formula is C14H23BO3. The summed E-state index contributed by atoms with van der Waals surface area (Å²) in [6.45, 7) is 5.22. The van der Waals surface area contributed by atoms with Crippen molar-refractivity contribution in [1.29, 1.82) is 0 Å². The van der Waals surface area contributed by atoms with Crippen molar-refractivity contribution >= 4 is 12.6 Å². The number of hydrogen-bond acceptors (Lipinski definition) is 3. The first-order valence-electron chi connectivity index (χ1n) is 6.72. The van der Waals surface area contributed by atoms with Gasteiger partial charge in [-0.05, 0) is 36.4 Å². The van der Waals surface area contributed by atoms with Crippen LogP contribution in [0.25, 0.3) is 0 Å². The highest BCUT2D eigenvalue weighted by atomic mass is 16.5. The highest BCUT2D eigenvalue weighted by molar-refractivity contribution is 6.58. The summed E-state index contributed by atoms with van der Waals surface area (Å²) in [5.41, 5.74) is 0.485. The lowest BCUT2D eigenvalue weighted by Gasteiger charge is -2.09. The third-order valence-electron chi connectivity index (χ3n) is 3.24. The van der Waals surface area contributed by atoms with E-state index < -0.39 is 7.12 Å². The van der Waals surface area contributed by atoms with Gasteiger partial charge in [0, 0.05) is 0 Å². The molecule has 2 N–H and O–H groups in total. The third kappa shape index (κ3) is 5.56. The summed E-state index contributed by atoms with van der Waals surface area (Å²) in [6.07, 6.45) is 4.76. The fourth-order valence-electron chi connectivity index (χ4n) is 1.73. The standard InChI is InChI=1S/C14H23BO3/c1-3-12(2)6-4-5-11-18-14-9-7-13(8-10-14)15(16)17/h7-10,12,16-17H,3-6,11H2,1-2H3. The third-order valence-corrected chi connectivity index (χ3v) is 3.24. The highest BCUT2D eigenvalue weighted by Gasteiger charge is 2.09. The average molecular weight is 250 g/mol. The second-order valence-corrected chi connectivity index (χ2v) is 4.80. The lowest BCUT2D eigenvalue weighted by molar-refractivity contribution is 0.300. The molecule has 1 aromatic rings. The number of rotatable bonds is 8. The Morgan fingerprint density at radius 1 is 1.17 bits per heavy atom. The maximum absolute atomic E-state index is 8.95. The van der Waals surface area contributed by atoms with Crippen molar-refractivity contribution in [2.24, 2.45) is 5.92 Å². The van der Waals surface area contributed by atoms with Crippen molar-refractivity contribution in [3.8, 4) is 5.75 Å². The first kappa shape index (κ1) is 15.1. The smallest absolute Gasteiger partial charge is 0.488 e. The summed E-state index contributed by atoms with van der Waals surface area (Å²) in [5.74, 6) is 1.58. The molecule has 0 fully saturated rings. The summed E-state index contributed by atoms with van der Waals surface area (Å²) in [6, 6.07) is 6.87. The molecule has 4 heteroatoms. The van der Waals surface area contributed by atoms with Crippen LogP contribution in [0.5, 0.6) is 5.75 Å². The molecule has 0 amide bonds. The Balaban J connectivity index is 2.19. The number of ether oxygens (including phenoxy) is 1. The van der Waals surface area contributed by atoms with Crippen LogP contribution in [-0.2, 0) is 0 Å². The summed E-state index contributed by atoms with van der Waals surface area (Å²) >= 11 is 0. The molecule has 1 aromatic carbocycles. The fourth-order valence-corrected chi connectivity index (χ4v) is 1.73. The van der Waals surface area contributed by atoms with Crippen LogP contribution in [0.3, 0.4) is 0 Å². The van der Waals surface area contributed by atoms with Gasteiger partial charge >= 0.3 is 7.12 Å². The second kappa shape index (κ2) is 8.17. The molecule has 0 heterocycles. The number of unbranched alkanes of at least 4 members (excludes halogenated alkanes) is 1. The molecule has 1 atom stereocenters. The van der Waals surface area contributed by atoms with E-state index in [-0.39, 0.29) is 0 Å². The molecule has 0 aliphatic heterocycles. The van der Waals surface area contributed by atoms with Crippen LogP contribution in [0.15, 0.2) is 24.3 Å². The topological polar surface area (TPSA) is 49.7 Å². The van der Waals surface area contributed by atoms with E-state index in [1.54, 1.807) is 24.3 Å². The number of benzene rings is 1. The maximum Gasteiger partial charge on any atom is 0.488 e. The molecule has 0 saturated carbocycles. The van der Waals surface area contributed by atoms with Gasteiger partial charge in [-0.15, -0.1) is 0 Å². The van der Waals surface area contributed by atoms with E-state index in [9.17, 15) is 0 Å². The molecule has 0 spiro atoms. The van der Waals surface area contributed by atoms with E-state index >= 15 is 0 Å². The zero-order valence-corrected chi connectivity index (χ0v) is 11.3. The predicted octanol–water partition coefficient (Wildman–Crippen LogP) is 1.96. The Hall–Kier alpha value is -0.995. The summed E-state index contributed by atoms with van der Waals surface area (Å²) in [4.78, 5) is 0. The SMILES string of the molecule is CCC(C)CCCCOc1ccc(B(O)O)cc1. The predicted molar refractivity (Wildman–Crippen MR) is 75.1 cm³/mol. The molecule has 1 rings (SSSR count). The van der Waals surface area contributed by atoms with Gasteiger partial charge in [-0.25, -0.2) is 0 Å².